The summed E-state index contributed by atoms with van der Waals surface area (Å²) in [5.41, 5.74) is 4.10. The molecule has 0 saturated heterocycles. The zero-order chi connectivity index (χ0) is 23.0. The van der Waals surface area contributed by atoms with Crippen LogP contribution in [0.15, 0.2) is 88.2 Å². The molecule has 1 aliphatic heterocycles. The lowest BCUT2D eigenvalue weighted by molar-refractivity contribution is -0.117. The number of ether oxygens (including phenoxy) is 2. The van der Waals surface area contributed by atoms with E-state index in [9.17, 15) is 9.59 Å². The van der Waals surface area contributed by atoms with E-state index in [-0.39, 0.29) is 12.5 Å². The highest BCUT2D eigenvalue weighted by atomic mass is 16.7. The van der Waals surface area contributed by atoms with Gasteiger partial charge in [0.05, 0.1) is 12.0 Å². The van der Waals surface area contributed by atoms with E-state index < -0.39 is 11.8 Å². The minimum absolute atomic E-state index is 0.0225. The Hall–Kier alpha value is -4.59. The normalized spacial score (nSPS) is 13.2. The Balaban J connectivity index is 1.54. The Kier molecular flexibility index (Phi) is 6.65. The third-order valence-corrected chi connectivity index (χ3v) is 4.60. The molecule has 0 spiro atoms. The molecule has 2 heterocycles. The maximum Gasteiger partial charge on any atom is 0.287 e. The summed E-state index contributed by atoms with van der Waals surface area (Å²) in [6.45, 7) is 1.86. The molecule has 0 aliphatic carbocycles. The van der Waals surface area contributed by atoms with Crippen molar-refractivity contribution in [2.75, 3.05) is 6.79 Å². The molecule has 0 radical (unpaired) electrons. The average Bonchev–Trinajstić information content (AvgIpc) is 3.53. The van der Waals surface area contributed by atoms with E-state index in [2.05, 4.69) is 15.8 Å². The Bertz CT molecular complexity index is 1230. The molecule has 4 rings (SSSR count). The number of fused-ring (bicyclic) bond motifs is 1. The first-order valence-corrected chi connectivity index (χ1v) is 10.1. The first kappa shape index (κ1) is 21.6. The summed E-state index contributed by atoms with van der Waals surface area (Å²) in [7, 11) is 0. The number of nitrogens with zero attached hydrogens (tertiary/aromatic N) is 1. The predicted molar refractivity (Wildman–Crippen MR) is 123 cm³/mol. The molecule has 33 heavy (non-hydrogen) atoms. The molecule has 2 amide bonds. The number of furan rings is 1. The first-order chi connectivity index (χ1) is 16.1. The van der Waals surface area contributed by atoms with Crippen LogP contribution in [0.1, 0.15) is 28.6 Å². The van der Waals surface area contributed by atoms with E-state index in [1.54, 1.807) is 92.1 Å². The fourth-order valence-corrected chi connectivity index (χ4v) is 2.94. The van der Waals surface area contributed by atoms with Gasteiger partial charge in [-0.1, -0.05) is 24.3 Å². The molecule has 8 nitrogen and oxygen atoms in total. The number of amides is 2. The van der Waals surface area contributed by atoms with Crippen molar-refractivity contribution in [3.05, 3.63) is 95.6 Å². The van der Waals surface area contributed by atoms with Gasteiger partial charge in [-0.2, -0.15) is 5.10 Å². The molecule has 8 heteroatoms. The zero-order valence-corrected chi connectivity index (χ0v) is 17.8. The molecule has 0 bridgehead atoms. The number of benzene rings is 2. The third-order valence-electron chi connectivity index (χ3n) is 4.60. The summed E-state index contributed by atoms with van der Waals surface area (Å²) in [6.07, 6.45) is 6.53. The summed E-state index contributed by atoms with van der Waals surface area (Å²) < 4.78 is 15.9. The number of nitrogens with one attached hydrogen (secondary N) is 2. The lowest BCUT2D eigenvalue weighted by Gasteiger charge is -2.10. The van der Waals surface area contributed by atoms with Crippen LogP contribution in [0.4, 0.5) is 0 Å². The van der Waals surface area contributed by atoms with E-state index in [0.717, 1.165) is 0 Å². The lowest BCUT2D eigenvalue weighted by atomic mass is 10.1. The first-order valence-electron chi connectivity index (χ1n) is 10.1. The average molecular weight is 443 g/mol. The molecule has 2 N–H and O–H groups in total. The number of rotatable bonds is 7. The van der Waals surface area contributed by atoms with Crippen LogP contribution in [0.3, 0.4) is 0 Å². The molecular formula is C25H21N3O5. The van der Waals surface area contributed by atoms with E-state index >= 15 is 0 Å². The minimum atomic E-state index is -0.581. The number of carbonyl (C=O) groups is 2. The van der Waals surface area contributed by atoms with Crippen LogP contribution in [0.5, 0.6) is 11.5 Å². The maximum atomic E-state index is 12.9. The van der Waals surface area contributed by atoms with Crippen LogP contribution in [0, 0.1) is 0 Å². The predicted octanol–water partition coefficient (Wildman–Crippen LogP) is 3.98. The van der Waals surface area contributed by atoms with Crippen LogP contribution in [-0.4, -0.2) is 24.3 Å². The molecule has 0 atom stereocenters. The fourth-order valence-electron chi connectivity index (χ4n) is 2.94. The van der Waals surface area contributed by atoms with Gasteiger partial charge in [-0.15, -0.1) is 0 Å². The van der Waals surface area contributed by atoms with Crippen LogP contribution in [0.25, 0.3) is 12.2 Å². The zero-order valence-electron chi connectivity index (χ0n) is 17.8. The Labute approximate surface area is 190 Å². The van der Waals surface area contributed by atoms with Gasteiger partial charge >= 0.3 is 0 Å². The minimum Gasteiger partial charge on any atom is -0.465 e. The van der Waals surface area contributed by atoms with Crippen molar-refractivity contribution < 1.29 is 23.5 Å². The molecule has 2 aromatic carbocycles. The van der Waals surface area contributed by atoms with E-state index in [1.807, 2.05) is 0 Å². The highest BCUT2D eigenvalue weighted by Gasteiger charge is 2.17. The van der Waals surface area contributed by atoms with Gasteiger partial charge in [-0.25, -0.2) is 5.43 Å². The second-order valence-electron chi connectivity index (χ2n) is 7.03. The van der Waals surface area contributed by atoms with Gasteiger partial charge in [0.2, 0.25) is 6.79 Å². The van der Waals surface area contributed by atoms with Crippen LogP contribution in [-0.2, 0) is 4.79 Å². The van der Waals surface area contributed by atoms with Crippen LogP contribution in [0.2, 0.25) is 0 Å². The number of hydrazone groups is 1. The van der Waals surface area contributed by atoms with Crippen molar-refractivity contribution in [1.29, 1.82) is 0 Å². The molecule has 1 aliphatic rings. The number of allylic oxidation sites excluding steroid dienone is 1. The summed E-state index contributed by atoms with van der Waals surface area (Å²) in [5, 5.41) is 6.74. The van der Waals surface area contributed by atoms with E-state index in [4.69, 9.17) is 13.9 Å². The van der Waals surface area contributed by atoms with Gasteiger partial charge in [-0.05, 0) is 67.1 Å². The second-order valence-corrected chi connectivity index (χ2v) is 7.03. The van der Waals surface area contributed by atoms with Gasteiger partial charge < -0.3 is 19.2 Å². The number of hydrogen-bond acceptors (Lipinski definition) is 6. The SMILES string of the molecule is CC(C=Cc1ccco1)=NNC(=O)C(=Cc1ccc2c(c1)OCO2)NC(=O)c1ccccc1. The van der Waals surface area contributed by atoms with Gasteiger partial charge in [-0.3, -0.25) is 9.59 Å². The van der Waals surface area contributed by atoms with Gasteiger partial charge in [0, 0.05) is 5.56 Å². The fraction of sp³-hybridized carbons (Fsp3) is 0.0800. The molecule has 0 fully saturated rings. The van der Waals surface area contributed by atoms with Crippen molar-refractivity contribution in [1.82, 2.24) is 10.7 Å². The largest absolute Gasteiger partial charge is 0.465 e. The molecule has 3 aromatic rings. The van der Waals surface area contributed by atoms with E-state index in [0.29, 0.717) is 34.1 Å². The summed E-state index contributed by atoms with van der Waals surface area (Å²) in [5.74, 6) is 0.845. The monoisotopic (exact) mass is 443 g/mol. The van der Waals surface area contributed by atoms with Gasteiger partial charge in [0.25, 0.3) is 11.8 Å². The molecule has 0 unspecified atom stereocenters. The lowest BCUT2D eigenvalue weighted by Crippen LogP contribution is -2.33. The molecular weight excluding hydrogens is 422 g/mol. The Morgan fingerprint density at radius 3 is 2.61 bits per heavy atom. The van der Waals surface area contributed by atoms with Crippen molar-refractivity contribution in [3.63, 3.8) is 0 Å². The second kappa shape index (κ2) is 10.1. The molecule has 166 valence electrons. The standard InChI is InChI=1S/C25H21N3O5/c1-17(9-11-20-8-5-13-31-20)27-28-25(30)21(26-24(29)19-6-3-2-4-7-19)14-18-10-12-22-23(15-18)33-16-32-22/h2-15H,16H2,1H3,(H,26,29)(H,28,30). The highest BCUT2D eigenvalue weighted by molar-refractivity contribution is 6.06. The smallest absolute Gasteiger partial charge is 0.287 e. The molecule has 1 aromatic heterocycles. The van der Waals surface area contributed by atoms with Gasteiger partial charge in [0.15, 0.2) is 11.5 Å². The van der Waals surface area contributed by atoms with E-state index in [1.165, 1.54) is 0 Å². The van der Waals surface area contributed by atoms with Crippen molar-refractivity contribution in [3.8, 4) is 11.5 Å². The van der Waals surface area contributed by atoms with Gasteiger partial charge in [0.1, 0.15) is 11.5 Å². The van der Waals surface area contributed by atoms with Crippen LogP contribution >= 0.6 is 0 Å². The van der Waals surface area contributed by atoms with Crippen LogP contribution < -0.4 is 20.2 Å². The highest BCUT2D eigenvalue weighted by Crippen LogP contribution is 2.33. The van der Waals surface area contributed by atoms with Crippen molar-refractivity contribution in [2.45, 2.75) is 6.92 Å². The van der Waals surface area contributed by atoms with Crippen molar-refractivity contribution in [2.24, 2.45) is 5.10 Å². The molecule has 0 saturated carbocycles. The number of carbonyl (C=O) groups excluding carboxylic acids is 2. The summed E-state index contributed by atoms with van der Waals surface area (Å²) in [6, 6.07) is 17.4. The quantitative estimate of drug-likeness (QED) is 0.327. The maximum absolute atomic E-state index is 12.9. The third kappa shape index (κ3) is 5.76. The summed E-state index contributed by atoms with van der Waals surface area (Å²) in [4.78, 5) is 25.6. The summed E-state index contributed by atoms with van der Waals surface area (Å²) >= 11 is 0. The Morgan fingerprint density at radius 2 is 1.82 bits per heavy atom. The van der Waals surface area contributed by atoms with Crippen molar-refractivity contribution >= 4 is 29.7 Å². The number of hydrogen-bond donors (Lipinski definition) is 2. The Morgan fingerprint density at radius 1 is 1.00 bits per heavy atom. The topological polar surface area (TPSA) is 102 Å².